The third kappa shape index (κ3) is 5.47. The molecular weight excluding hydrogens is 344 g/mol. The van der Waals surface area contributed by atoms with Crippen molar-refractivity contribution >= 4 is 17.7 Å². The lowest BCUT2D eigenvalue weighted by molar-refractivity contribution is -0.889. The number of benzene rings is 1. The van der Waals surface area contributed by atoms with Crippen molar-refractivity contribution in [2.45, 2.75) is 32.9 Å². The number of ether oxygens (including phenoxy) is 1. The number of hydrogen-bond donors (Lipinski definition) is 3. The Bertz CT molecular complexity index is 698. The first-order valence-corrected chi connectivity index (χ1v) is 9.40. The van der Waals surface area contributed by atoms with Crippen LogP contribution in [0.4, 0.5) is 10.5 Å². The predicted molar refractivity (Wildman–Crippen MR) is 106 cm³/mol. The van der Waals surface area contributed by atoms with Crippen LogP contribution in [0.5, 0.6) is 0 Å². The summed E-state index contributed by atoms with van der Waals surface area (Å²) in [5, 5.41) is 5.61. The molecule has 0 saturated heterocycles. The van der Waals surface area contributed by atoms with Gasteiger partial charge in [-0.1, -0.05) is 19.1 Å². The molecule has 1 aliphatic heterocycles. The second-order valence-electron chi connectivity index (χ2n) is 7.04. The van der Waals surface area contributed by atoms with Gasteiger partial charge >= 0.3 is 12.0 Å². The lowest BCUT2D eigenvalue weighted by Crippen LogP contribution is -3.08. The lowest BCUT2D eigenvalue weighted by Gasteiger charge is -2.29. The van der Waals surface area contributed by atoms with Gasteiger partial charge in [0.25, 0.3) is 0 Å². The molecule has 27 heavy (non-hydrogen) atoms. The molecule has 0 aromatic heterocycles. The fourth-order valence-corrected chi connectivity index (χ4v) is 3.23. The van der Waals surface area contributed by atoms with Crippen LogP contribution >= 0.6 is 0 Å². The van der Waals surface area contributed by atoms with Crippen LogP contribution in [0.2, 0.25) is 0 Å². The van der Waals surface area contributed by atoms with E-state index in [4.69, 9.17) is 4.74 Å². The average molecular weight is 375 g/mol. The topological polar surface area (TPSA) is 75.1 Å². The van der Waals surface area contributed by atoms with Crippen molar-refractivity contribution in [3.05, 3.63) is 41.1 Å². The third-order valence-electron chi connectivity index (χ3n) is 4.58. The Morgan fingerprint density at radius 2 is 1.85 bits per heavy atom. The summed E-state index contributed by atoms with van der Waals surface area (Å²) in [5.41, 5.74) is 3.52. The van der Waals surface area contributed by atoms with E-state index in [9.17, 15) is 9.59 Å². The van der Waals surface area contributed by atoms with Gasteiger partial charge in [-0.05, 0) is 25.5 Å². The second kappa shape index (κ2) is 9.41. The molecule has 2 atom stereocenters. The van der Waals surface area contributed by atoms with Gasteiger partial charge in [0.15, 0.2) is 0 Å². The number of amides is 2. The highest BCUT2D eigenvalue weighted by Gasteiger charge is 2.32. The first kappa shape index (κ1) is 20.8. The Morgan fingerprint density at radius 1 is 1.19 bits per heavy atom. The molecule has 1 unspecified atom stereocenters. The molecule has 2 rings (SSSR count). The minimum Gasteiger partial charge on any atom is -0.463 e. The van der Waals surface area contributed by atoms with Crippen molar-refractivity contribution in [3.8, 4) is 0 Å². The van der Waals surface area contributed by atoms with Gasteiger partial charge in [-0.15, -0.1) is 0 Å². The van der Waals surface area contributed by atoms with Crippen LogP contribution < -0.4 is 20.4 Å². The first-order valence-electron chi connectivity index (χ1n) is 9.40. The molecule has 0 radical (unpaired) electrons. The normalized spacial score (nSPS) is 17.8. The average Bonchev–Trinajstić information content (AvgIpc) is 2.61. The Hall–Kier alpha value is -2.54. The smallest absolute Gasteiger partial charge is 0.338 e. The Balaban J connectivity index is 2.16. The van der Waals surface area contributed by atoms with E-state index in [-0.39, 0.29) is 18.0 Å². The van der Waals surface area contributed by atoms with Crippen molar-refractivity contribution in [1.29, 1.82) is 0 Å². The number of esters is 1. The highest BCUT2D eigenvalue weighted by atomic mass is 16.5. The Labute approximate surface area is 161 Å². The van der Waals surface area contributed by atoms with E-state index in [1.54, 1.807) is 6.92 Å². The SMILES string of the molecule is CCOC(=O)C1=C(C[NH+](C)Cc2ccc(N(C)C)cc2)NC(=O)N[C@@H]1CC. The van der Waals surface area contributed by atoms with Crippen molar-refractivity contribution in [1.82, 2.24) is 10.6 Å². The van der Waals surface area contributed by atoms with Gasteiger partial charge in [0.1, 0.15) is 13.1 Å². The zero-order valence-electron chi connectivity index (χ0n) is 16.9. The monoisotopic (exact) mass is 375 g/mol. The third-order valence-corrected chi connectivity index (χ3v) is 4.58. The van der Waals surface area contributed by atoms with Crippen LogP contribution in [0.15, 0.2) is 35.5 Å². The standard InChI is InChI=1S/C20H30N4O3/c1-6-16-18(19(25)27-7-2)17(22-20(26)21-16)13-24(5)12-14-8-10-15(11-9-14)23(3)4/h8-11,16H,6-7,12-13H2,1-5H3,(H2,21,22,26)/p+1/t16-/m1/s1. The van der Waals surface area contributed by atoms with Crippen LogP contribution in [-0.2, 0) is 16.1 Å². The number of urea groups is 1. The number of anilines is 1. The van der Waals surface area contributed by atoms with E-state index in [1.165, 1.54) is 10.5 Å². The molecule has 2 amide bonds. The van der Waals surface area contributed by atoms with Gasteiger partial charge in [0, 0.05) is 25.3 Å². The van der Waals surface area contributed by atoms with Crippen molar-refractivity contribution in [2.75, 3.05) is 39.2 Å². The molecule has 0 spiro atoms. The maximum Gasteiger partial charge on any atom is 0.338 e. The summed E-state index contributed by atoms with van der Waals surface area (Å²) >= 11 is 0. The van der Waals surface area contributed by atoms with E-state index < -0.39 is 0 Å². The van der Waals surface area contributed by atoms with Gasteiger partial charge in [-0.2, -0.15) is 0 Å². The summed E-state index contributed by atoms with van der Waals surface area (Å²) in [6.45, 7) is 5.35. The highest BCUT2D eigenvalue weighted by Crippen LogP contribution is 2.16. The van der Waals surface area contributed by atoms with Gasteiger partial charge in [0.05, 0.1) is 31.0 Å². The Morgan fingerprint density at radius 3 is 2.41 bits per heavy atom. The van der Waals surface area contributed by atoms with Gasteiger partial charge in [-0.25, -0.2) is 9.59 Å². The van der Waals surface area contributed by atoms with Crippen molar-refractivity contribution in [2.24, 2.45) is 0 Å². The van der Waals surface area contributed by atoms with Crippen LogP contribution in [0.3, 0.4) is 0 Å². The van der Waals surface area contributed by atoms with Gasteiger partial charge in [0.2, 0.25) is 0 Å². The molecule has 148 valence electrons. The van der Waals surface area contributed by atoms with Crippen LogP contribution in [0.25, 0.3) is 0 Å². The number of quaternary nitrogens is 1. The molecule has 3 N–H and O–H groups in total. The maximum absolute atomic E-state index is 12.4. The number of likely N-dealkylation sites (N-methyl/N-ethyl adjacent to an activating group) is 1. The zero-order chi connectivity index (χ0) is 20.0. The van der Waals surface area contributed by atoms with Gasteiger partial charge in [-0.3, -0.25) is 0 Å². The molecule has 1 aromatic carbocycles. The molecular formula is C20H31N4O3+. The largest absolute Gasteiger partial charge is 0.463 e. The number of nitrogens with one attached hydrogen (secondary N) is 3. The van der Waals surface area contributed by atoms with Crippen molar-refractivity contribution < 1.29 is 19.2 Å². The number of carbonyl (C=O) groups excluding carboxylic acids is 2. The molecule has 7 nitrogen and oxygen atoms in total. The number of nitrogens with zero attached hydrogens (tertiary/aromatic N) is 1. The van der Waals surface area contributed by atoms with E-state index in [2.05, 4.69) is 39.8 Å². The quantitative estimate of drug-likeness (QED) is 0.584. The van der Waals surface area contributed by atoms with E-state index in [0.29, 0.717) is 30.8 Å². The molecule has 0 fully saturated rings. The lowest BCUT2D eigenvalue weighted by atomic mass is 10.00. The number of hydrogen-bond acceptors (Lipinski definition) is 4. The molecule has 0 saturated carbocycles. The molecule has 0 bridgehead atoms. The zero-order valence-corrected chi connectivity index (χ0v) is 16.9. The fraction of sp³-hybridized carbons (Fsp3) is 0.500. The molecule has 7 heteroatoms. The second-order valence-corrected chi connectivity index (χ2v) is 7.04. The van der Waals surface area contributed by atoms with Crippen LogP contribution in [0, 0.1) is 0 Å². The summed E-state index contributed by atoms with van der Waals surface area (Å²) in [6, 6.07) is 7.80. The Kier molecular flexibility index (Phi) is 7.24. The maximum atomic E-state index is 12.4. The van der Waals surface area contributed by atoms with Crippen LogP contribution in [-0.4, -0.2) is 52.3 Å². The predicted octanol–water partition coefficient (Wildman–Crippen LogP) is 0.676. The first-order chi connectivity index (χ1) is 12.8. The molecule has 0 aliphatic carbocycles. The molecule has 1 aliphatic rings. The van der Waals surface area contributed by atoms with Crippen molar-refractivity contribution in [3.63, 3.8) is 0 Å². The van der Waals surface area contributed by atoms with Gasteiger partial charge < -0.3 is 25.2 Å². The van der Waals surface area contributed by atoms with Crippen LogP contribution in [0.1, 0.15) is 25.8 Å². The summed E-state index contributed by atoms with van der Waals surface area (Å²) < 4.78 is 5.21. The summed E-state index contributed by atoms with van der Waals surface area (Å²) in [4.78, 5) is 27.7. The number of carbonyl (C=O) groups is 2. The minimum absolute atomic E-state index is 0.270. The fourth-order valence-electron chi connectivity index (χ4n) is 3.23. The van der Waals surface area contributed by atoms with E-state index >= 15 is 0 Å². The minimum atomic E-state index is -0.366. The van der Waals surface area contributed by atoms with E-state index in [0.717, 1.165) is 12.2 Å². The molecule has 1 heterocycles. The summed E-state index contributed by atoms with van der Waals surface area (Å²) in [5.74, 6) is -0.366. The number of rotatable bonds is 8. The summed E-state index contributed by atoms with van der Waals surface area (Å²) in [6.07, 6.45) is 0.635. The molecule has 1 aromatic rings. The highest BCUT2D eigenvalue weighted by molar-refractivity contribution is 5.94. The summed E-state index contributed by atoms with van der Waals surface area (Å²) in [7, 11) is 6.07. The van der Waals surface area contributed by atoms with E-state index in [1.807, 2.05) is 28.1 Å².